The minimum absolute atomic E-state index is 0.157. The third kappa shape index (κ3) is 3.66. The molecule has 0 saturated heterocycles. The van der Waals surface area contributed by atoms with Crippen molar-refractivity contribution in [2.24, 2.45) is 0 Å². The molecule has 33 heavy (non-hydrogen) atoms. The number of aromatic nitrogens is 2. The van der Waals surface area contributed by atoms with Gasteiger partial charge in [-0.2, -0.15) is 4.98 Å². The first kappa shape index (κ1) is 20.6. The molecule has 5 rings (SSSR count). The van der Waals surface area contributed by atoms with Gasteiger partial charge in [-0.15, -0.1) is 0 Å². The molecule has 1 aliphatic rings. The van der Waals surface area contributed by atoms with Gasteiger partial charge in [0.05, 0.1) is 21.8 Å². The number of carbonyl (C=O) groups is 3. The standard InChI is InChI=1S/C24H15ClN4O4/c1-13-26-22(33-28-13)15-8-6-14(7-9-15)21(30)27-16-10-11-20(19(25)12-16)29-23(31)17-4-2-3-5-18(17)24(29)32/h2-12H,1H3,(H,27,30). The molecular weight excluding hydrogens is 444 g/mol. The summed E-state index contributed by atoms with van der Waals surface area (Å²) in [4.78, 5) is 43.2. The topological polar surface area (TPSA) is 105 Å². The molecule has 0 saturated carbocycles. The second-order valence-corrected chi connectivity index (χ2v) is 7.74. The Morgan fingerprint density at radius 2 is 1.64 bits per heavy atom. The number of anilines is 2. The van der Waals surface area contributed by atoms with Crippen LogP contribution in [0.2, 0.25) is 5.02 Å². The van der Waals surface area contributed by atoms with E-state index in [1.165, 1.54) is 12.1 Å². The molecule has 8 nitrogen and oxygen atoms in total. The minimum atomic E-state index is -0.439. The van der Waals surface area contributed by atoms with Crippen LogP contribution in [-0.4, -0.2) is 27.9 Å². The fourth-order valence-electron chi connectivity index (χ4n) is 3.56. The summed E-state index contributed by atoms with van der Waals surface area (Å²) in [5.41, 5.74) is 2.43. The van der Waals surface area contributed by atoms with E-state index in [4.69, 9.17) is 16.1 Å². The summed E-state index contributed by atoms with van der Waals surface area (Å²) in [5, 5.41) is 6.66. The Hall–Kier alpha value is -4.30. The lowest BCUT2D eigenvalue weighted by Gasteiger charge is -2.16. The number of carbonyl (C=O) groups excluding carboxylic acids is 3. The van der Waals surface area contributed by atoms with Gasteiger partial charge in [0.15, 0.2) is 5.82 Å². The maximum Gasteiger partial charge on any atom is 0.266 e. The van der Waals surface area contributed by atoms with Crippen LogP contribution in [-0.2, 0) is 0 Å². The summed E-state index contributed by atoms with van der Waals surface area (Å²) < 4.78 is 5.12. The second-order valence-electron chi connectivity index (χ2n) is 7.34. The molecule has 1 aromatic heterocycles. The summed E-state index contributed by atoms with van der Waals surface area (Å²) >= 11 is 6.38. The van der Waals surface area contributed by atoms with Crippen LogP contribution in [0.4, 0.5) is 11.4 Å². The zero-order valence-corrected chi connectivity index (χ0v) is 18.0. The van der Waals surface area contributed by atoms with Crippen LogP contribution in [0.3, 0.4) is 0 Å². The summed E-state index contributed by atoms with van der Waals surface area (Å²) in [5.74, 6) is -0.340. The highest BCUT2D eigenvalue weighted by molar-refractivity contribution is 6.40. The third-order valence-electron chi connectivity index (χ3n) is 5.16. The number of aryl methyl sites for hydroxylation is 1. The molecule has 9 heteroatoms. The molecule has 2 heterocycles. The number of fused-ring (bicyclic) bond motifs is 1. The van der Waals surface area contributed by atoms with Gasteiger partial charge in [0.2, 0.25) is 0 Å². The molecule has 162 valence electrons. The maximum absolute atomic E-state index is 12.7. The molecule has 0 aliphatic carbocycles. The lowest BCUT2D eigenvalue weighted by Crippen LogP contribution is -2.29. The Morgan fingerprint density at radius 1 is 0.970 bits per heavy atom. The Kier molecular flexibility index (Phi) is 4.99. The van der Waals surface area contributed by atoms with Crippen molar-refractivity contribution in [1.29, 1.82) is 0 Å². The first-order valence-corrected chi connectivity index (χ1v) is 10.3. The number of nitrogens with zero attached hydrogens (tertiary/aromatic N) is 3. The van der Waals surface area contributed by atoms with E-state index in [9.17, 15) is 14.4 Å². The summed E-state index contributed by atoms with van der Waals surface area (Å²) in [6, 6.07) is 17.9. The number of imide groups is 1. The molecule has 4 aromatic rings. The number of hydrogen-bond acceptors (Lipinski definition) is 6. The molecule has 3 aromatic carbocycles. The largest absolute Gasteiger partial charge is 0.334 e. The van der Waals surface area contributed by atoms with Crippen LogP contribution < -0.4 is 10.2 Å². The SMILES string of the molecule is Cc1noc(-c2ccc(C(=O)Nc3ccc(N4C(=O)c5ccccc5C4=O)c(Cl)c3)cc2)n1. The van der Waals surface area contributed by atoms with Crippen LogP contribution in [0.1, 0.15) is 36.9 Å². The van der Waals surface area contributed by atoms with Crippen molar-refractivity contribution in [3.8, 4) is 11.5 Å². The van der Waals surface area contributed by atoms with E-state index in [1.54, 1.807) is 61.5 Å². The lowest BCUT2D eigenvalue weighted by molar-refractivity contribution is 0.0924. The van der Waals surface area contributed by atoms with Crippen molar-refractivity contribution in [3.05, 3.63) is 94.3 Å². The van der Waals surface area contributed by atoms with Crippen molar-refractivity contribution in [1.82, 2.24) is 10.1 Å². The lowest BCUT2D eigenvalue weighted by atomic mass is 10.1. The van der Waals surface area contributed by atoms with E-state index in [2.05, 4.69) is 15.5 Å². The number of halogens is 1. The number of rotatable bonds is 4. The highest BCUT2D eigenvalue weighted by Gasteiger charge is 2.37. The van der Waals surface area contributed by atoms with Crippen LogP contribution in [0, 0.1) is 6.92 Å². The van der Waals surface area contributed by atoms with E-state index in [-0.39, 0.29) is 16.6 Å². The van der Waals surface area contributed by atoms with Crippen molar-refractivity contribution in [2.75, 3.05) is 10.2 Å². The quantitative estimate of drug-likeness (QED) is 0.442. The van der Waals surface area contributed by atoms with Gasteiger partial charge in [0, 0.05) is 16.8 Å². The molecule has 0 spiro atoms. The van der Waals surface area contributed by atoms with Gasteiger partial charge in [0.25, 0.3) is 23.6 Å². The third-order valence-corrected chi connectivity index (χ3v) is 5.46. The van der Waals surface area contributed by atoms with Gasteiger partial charge in [-0.3, -0.25) is 14.4 Å². The monoisotopic (exact) mass is 458 g/mol. The van der Waals surface area contributed by atoms with E-state index in [0.29, 0.717) is 39.7 Å². The fraction of sp³-hybridized carbons (Fsp3) is 0.0417. The highest BCUT2D eigenvalue weighted by Crippen LogP contribution is 2.35. The predicted molar refractivity (Wildman–Crippen MR) is 121 cm³/mol. The molecule has 1 aliphatic heterocycles. The smallest absolute Gasteiger partial charge is 0.266 e. The molecule has 0 atom stereocenters. The Labute approximate surface area is 192 Å². The average molecular weight is 459 g/mol. The van der Waals surface area contributed by atoms with Gasteiger partial charge in [-0.25, -0.2) is 4.90 Å². The van der Waals surface area contributed by atoms with Gasteiger partial charge in [-0.05, 0) is 61.5 Å². The van der Waals surface area contributed by atoms with E-state index in [1.807, 2.05) is 0 Å². The minimum Gasteiger partial charge on any atom is -0.334 e. The van der Waals surface area contributed by atoms with Gasteiger partial charge in [0.1, 0.15) is 0 Å². The van der Waals surface area contributed by atoms with E-state index in [0.717, 1.165) is 4.90 Å². The molecule has 1 N–H and O–H groups in total. The van der Waals surface area contributed by atoms with Crippen LogP contribution in [0.25, 0.3) is 11.5 Å². The van der Waals surface area contributed by atoms with Crippen molar-refractivity contribution >= 4 is 40.7 Å². The van der Waals surface area contributed by atoms with Crippen molar-refractivity contribution in [3.63, 3.8) is 0 Å². The summed E-state index contributed by atoms with van der Waals surface area (Å²) in [7, 11) is 0. The number of benzene rings is 3. The molecule has 0 fully saturated rings. The molecule has 0 bridgehead atoms. The van der Waals surface area contributed by atoms with Crippen molar-refractivity contribution in [2.45, 2.75) is 6.92 Å². The molecule has 0 unspecified atom stereocenters. The zero-order valence-electron chi connectivity index (χ0n) is 17.2. The highest BCUT2D eigenvalue weighted by atomic mass is 35.5. The summed E-state index contributed by atoms with van der Waals surface area (Å²) in [6.07, 6.45) is 0. The number of hydrogen-bond donors (Lipinski definition) is 1. The van der Waals surface area contributed by atoms with E-state index >= 15 is 0 Å². The molecular formula is C24H15ClN4O4. The first-order chi connectivity index (χ1) is 15.9. The number of amides is 3. The zero-order chi connectivity index (χ0) is 23.1. The number of nitrogens with one attached hydrogen (secondary N) is 1. The first-order valence-electron chi connectivity index (χ1n) is 9.92. The van der Waals surface area contributed by atoms with E-state index < -0.39 is 11.8 Å². The normalized spacial score (nSPS) is 12.7. The Balaban J connectivity index is 1.33. The van der Waals surface area contributed by atoms with Gasteiger partial charge in [-0.1, -0.05) is 28.9 Å². The second kappa shape index (κ2) is 7.99. The fourth-order valence-corrected chi connectivity index (χ4v) is 3.82. The average Bonchev–Trinajstić information content (AvgIpc) is 3.36. The van der Waals surface area contributed by atoms with Crippen molar-refractivity contribution < 1.29 is 18.9 Å². The van der Waals surface area contributed by atoms with Crippen LogP contribution >= 0.6 is 11.6 Å². The van der Waals surface area contributed by atoms with Gasteiger partial charge >= 0.3 is 0 Å². The van der Waals surface area contributed by atoms with Crippen LogP contribution in [0.5, 0.6) is 0 Å². The maximum atomic E-state index is 12.7. The summed E-state index contributed by atoms with van der Waals surface area (Å²) in [6.45, 7) is 1.72. The predicted octanol–water partition coefficient (Wildman–Crippen LogP) is 4.75. The molecule has 3 amide bonds. The Morgan fingerprint density at radius 3 is 2.21 bits per heavy atom. The van der Waals surface area contributed by atoms with Crippen LogP contribution in [0.15, 0.2) is 71.3 Å². The Bertz CT molecular complexity index is 1390. The molecule has 0 radical (unpaired) electrons. The van der Waals surface area contributed by atoms with Gasteiger partial charge < -0.3 is 9.84 Å².